The summed E-state index contributed by atoms with van der Waals surface area (Å²) in [5.41, 5.74) is 2.03. The largest absolute Gasteiger partial charge is 0.378 e. The highest BCUT2D eigenvalue weighted by Gasteiger charge is 2.24. The van der Waals surface area contributed by atoms with Gasteiger partial charge in [0.05, 0.1) is 18.9 Å². The third-order valence-corrected chi connectivity index (χ3v) is 4.14. The molecule has 0 N–H and O–H groups in total. The number of fused-ring (bicyclic) bond motifs is 1. The molecule has 0 amide bonds. The van der Waals surface area contributed by atoms with Gasteiger partial charge in [0.2, 0.25) is 0 Å². The van der Waals surface area contributed by atoms with E-state index in [1.54, 1.807) is 11.6 Å². The maximum Gasteiger partial charge on any atom is 0.254 e. The number of hydrogen-bond donors (Lipinski definition) is 0. The first-order chi connectivity index (χ1) is 11.8. The first kappa shape index (κ1) is 15.0. The fourth-order valence-corrected chi connectivity index (χ4v) is 3.02. The van der Waals surface area contributed by atoms with Gasteiger partial charge < -0.3 is 14.4 Å². The minimum absolute atomic E-state index is 0.0394. The van der Waals surface area contributed by atoms with E-state index in [1.165, 1.54) is 11.9 Å². The smallest absolute Gasteiger partial charge is 0.254 e. The molecule has 24 heavy (non-hydrogen) atoms. The summed E-state index contributed by atoms with van der Waals surface area (Å²) in [5, 5.41) is 4.31. The van der Waals surface area contributed by atoms with E-state index in [2.05, 4.69) is 32.1 Å². The summed E-state index contributed by atoms with van der Waals surface area (Å²) in [7, 11) is 1.66. The quantitative estimate of drug-likeness (QED) is 0.729. The molecule has 4 rings (SSSR count). The minimum Gasteiger partial charge on any atom is -0.378 e. The zero-order valence-corrected chi connectivity index (χ0v) is 13.5. The second-order valence-corrected chi connectivity index (χ2v) is 5.73. The molecular formula is C17H19N5O2. The molecule has 3 heterocycles. The van der Waals surface area contributed by atoms with Crippen molar-refractivity contribution in [3.05, 3.63) is 54.0 Å². The Hall–Kier alpha value is -2.51. The van der Waals surface area contributed by atoms with Gasteiger partial charge in [-0.05, 0) is 5.56 Å². The molecule has 0 saturated carbocycles. The zero-order chi connectivity index (χ0) is 16.4. The molecule has 1 aliphatic rings. The van der Waals surface area contributed by atoms with Crippen LogP contribution in [0.25, 0.3) is 5.78 Å². The minimum atomic E-state index is 0.0394. The van der Waals surface area contributed by atoms with E-state index in [0.717, 1.165) is 24.6 Å². The fraction of sp³-hybridized carbons (Fsp3) is 0.353. The number of aromatic nitrogens is 4. The van der Waals surface area contributed by atoms with E-state index in [-0.39, 0.29) is 6.10 Å². The second-order valence-electron chi connectivity index (χ2n) is 5.73. The number of ether oxygens (including phenoxy) is 2. The average Bonchev–Trinajstić information content (AvgIpc) is 3.11. The van der Waals surface area contributed by atoms with Crippen LogP contribution in [0.2, 0.25) is 0 Å². The summed E-state index contributed by atoms with van der Waals surface area (Å²) in [5.74, 6) is 1.55. The zero-order valence-electron chi connectivity index (χ0n) is 13.5. The monoisotopic (exact) mass is 325 g/mol. The van der Waals surface area contributed by atoms with E-state index in [4.69, 9.17) is 9.47 Å². The molecule has 0 radical (unpaired) electrons. The molecule has 1 aliphatic heterocycles. The molecule has 3 aromatic rings. The summed E-state index contributed by atoms with van der Waals surface area (Å²) < 4.78 is 13.0. The first-order valence-electron chi connectivity index (χ1n) is 7.95. The molecule has 1 atom stereocenters. The predicted octanol–water partition coefficient (Wildman–Crippen LogP) is 1.85. The van der Waals surface area contributed by atoms with Gasteiger partial charge in [-0.3, -0.25) is 0 Å². The fourth-order valence-electron chi connectivity index (χ4n) is 3.02. The van der Waals surface area contributed by atoms with Crippen LogP contribution in [0.3, 0.4) is 0 Å². The Morgan fingerprint density at radius 2 is 2.17 bits per heavy atom. The topological polar surface area (TPSA) is 64.8 Å². The molecular weight excluding hydrogens is 306 g/mol. The third kappa shape index (κ3) is 2.83. The highest BCUT2D eigenvalue weighted by atomic mass is 16.5. The van der Waals surface area contributed by atoms with Crippen LogP contribution in [0.4, 0.5) is 5.82 Å². The third-order valence-electron chi connectivity index (χ3n) is 4.14. The van der Waals surface area contributed by atoms with E-state index in [1.807, 2.05) is 24.3 Å². The van der Waals surface area contributed by atoms with E-state index < -0.39 is 0 Å². The molecule has 0 unspecified atom stereocenters. The number of anilines is 1. The van der Waals surface area contributed by atoms with Crippen molar-refractivity contribution in [2.45, 2.75) is 12.7 Å². The summed E-state index contributed by atoms with van der Waals surface area (Å²) in [6.45, 7) is 2.67. The van der Waals surface area contributed by atoms with Gasteiger partial charge in [-0.2, -0.15) is 14.6 Å². The molecule has 0 aliphatic carbocycles. The predicted molar refractivity (Wildman–Crippen MR) is 88.8 cm³/mol. The van der Waals surface area contributed by atoms with Crippen molar-refractivity contribution >= 4 is 11.6 Å². The van der Waals surface area contributed by atoms with Crippen LogP contribution < -0.4 is 4.90 Å². The lowest BCUT2D eigenvalue weighted by atomic mass is 10.1. The number of hydrogen-bond acceptors (Lipinski definition) is 6. The maximum atomic E-state index is 5.96. The molecule has 7 heteroatoms. The van der Waals surface area contributed by atoms with Crippen molar-refractivity contribution < 1.29 is 9.47 Å². The summed E-state index contributed by atoms with van der Waals surface area (Å²) in [6.07, 6.45) is 1.56. The molecule has 1 aromatic carbocycles. The van der Waals surface area contributed by atoms with Crippen molar-refractivity contribution in [3.63, 3.8) is 0 Å². The first-order valence-corrected chi connectivity index (χ1v) is 7.95. The Morgan fingerprint density at radius 3 is 3.00 bits per heavy atom. The van der Waals surface area contributed by atoms with Crippen molar-refractivity contribution in [1.29, 1.82) is 0 Å². The number of nitrogens with zero attached hydrogens (tertiary/aromatic N) is 5. The van der Waals surface area contributed by atoms with Gasteiger partial charge in [0.15, 0.2) is 0 Å². The Balaban J connectivity index is 1.67. The van der Waals surface area contributed by atoms with Gasteiger partial charge in [-0.15, -0.1) is 0 Å². The number of rotatable bonds is 4. The molecule has 0 spiro atoms. The standard InChI is InChI=1S/C17H19N5O2/c1-23-11-14-9-16(22-17(20-14)18-12-19-22)21-7-8-24-15(10-21)13-5-3-2-4-6-13/h2-6,9,12,15H,7-8,10-11H2,1H3/t15-/m1/s1. The van der Waals surface area contributed by atoms with Crippen LogP contribution in [0.1, 0.15) is 17.4 Å². The van der Waals surface area contributed by atoms with Crippen LogP contribution >= 0.6 is 0 Å². The molecule has 7 nitrogen and oxygen atoms in total. The highest BCUT2D eigenvalue weighted by molar-refractivity contribution is 5.48. The average molecular weight is 325 g/mol. The van der Waals surface area contributed by atoms with Crippen molar-refractivity contribution in [2.75, 3.05) is 31.7 Å². The Kier molecular flexibility index (Phi) is 4.10. The molecule has 2 aromatic heterocycles. The molecule has 0 bridgehead atoms. The highest BCUT2D eigenvalue weighted by Crippen LogP contribution is 2.26. The number of methoxy groups -OCH3 is 1. The van der Waals surface area contributed by atoms with Crippen molar-refractivity contribution in [1.82, 2.24) is 19.6 Å². The summed E-state index contributed by atoms with van der Waals surface area (Å²) in [6, 6.07) is 12.3. The number of benzene rings is 1. The van der Waals surface area contributed by atoms with Crippen LogP contribution in [0.5, 0.6) is 0 Å². The van der Waals surface area contributed by atoms with Crippen LogP contribution in [0, 0.1) is 0 Å². The van der Waals surface area contributed by atoms with Gasteiger partial charge in [-0.25, -0.2) is 4.98 Å². The SMILES string of the molecule is COCc1cc(N2CCO[C@@H](c3ccccc3)C2)n2ncnc2n1. The Labute approximate surface area is 139 Å². The summed E-state index contributed by atoms with van der Waals surface area (Å²) >= 11 is 0. The molecule has 124 valence electrons. The van der Waals surface area contributed by atoms with Crippen molar-refractivity contribution in [3.8, 4) is 0 Å². The second kappa shape index (κ2) is 6.54. The number of morpholine rings is 1. The van der Waals surface area contributed by atoms with E-state index in [9.17, 15) is 0 Å². The lowest BCUT2D eigenvalue weighted by Gasteiger charge is -2.34. The maximum absolute atomic E-state index is 5.96. The lowest BCUT2D eigenvalue weighted by Crippen LogP contribution is -2.39. The Bertz CT molecular complexity index is 820. The van der Waals surface area contributed by atoms with Gasteiger partial charge in [0, 0.05) is 26.3 Å². The van der Waals surface area contributed by atoms with Gasteiger partial charge >= 0.3 is 0 Å². The molecule has 1 saturated heterocycles. The van der Waals surface area contributed by atoms with Gasteiger partial charge in [0.25, 0.3) is 5.78 Å². The Morgan fingerprint density at radius 1 is 1.29 bits per heavy atom. The van der Waals surface area contributed by atoms with Gasteiger partial charge in [-0.1, -0.05) is 30.3 Å². The lowest BCUT2D eigenvalue weighted by molar-refractivity contribution is 0.0393. The van der Waals surface area contributed by atoms with Crippen LogP contribution in [-0.4, -0.2) is 46.4 Å². The van der Waals surface area contributed by atoms with E-state index in [0.29, 0.717) is 19.0 Å². The van der Waals surface area contributed by atoms with Gasteiger partial charge in [0.1, 0.15) is 18.2 Å². The normalized spacial score (nSPS) is 18.2. The summed E-state index contributed by atoms with van der Waals surface area (Å²) in [4.78, 5) is 11.0. The van der Waals surface area contributed by atoms with E-state index >= 15 is 0 Å². The molecule has 1 fully saturated rings. The van der Waals surface area contributed by atoms with Crippen LogP contribution in [-0.2, 0) is 16.1 Å². The van der Waals surface area contributed by atoms with Crippen LogP contribution in [0.15, 0.2) is 42.7 Å². The van der Waals surface area contributed by atoms with Crippen molar-refractivity contribution in [2.24, 2.45) is 0 Å².